The third-order valence-corrected chi connectivity index (χ3v) is 8.25. The predicted molar refractivity (Wildman–Crippen MR) is 129 cm³/mol. The molecule has 2 aromatic rings. The summed E-state index contributed by atoms with van der Waals surface area (Å²) in [6.07, 6.45) is 5.53. The van der Waals surface area contributed by atoms with Gasteiger partial charge in [-0.3, -0.25) is 9.59 Å². The molecule has 5 unspecified atom stereocenters. The Labute approximate surface area is 203 Å². The lowest BCUT2D eigenvalue weighted by atomic mass is 9.98. The highest BCUT2D eigenvalue weighted by Gasteiger charge is 2.65. The summed E-state index contributed by atoms with van der Waals surface area (Å²) in [6, 6.07) is 16.1. The normalized spacial score (nSPS) is 29.7. The highest BCUT2D eigenvalue weighted by atomic mass is 16.5. The minimum absolute atomic E-state index is 0.0105. The molecule has 7 heteroatoms. The fraction of sp³-hybridized carbons (Fsp3) is 0.393. The molecule has 180 valence electrons. The number of carboxylic acid groups (broad SMARTS) is 1. The molecule has 0 saturated heterocycles. The summed E-state index contributed by atoms with van der Waals surface area (Å²) < 4.78 is 5.67. The third-order valence-electron chi connectivity index (χ3n) is 8.25. The smallest absolute Gasteiger partial charge is 0.407 e. The Morgan fingerprint density at radius 2 is 1.60 bits per heavy atom. The number of carbonyl (C=O) groups excluding carboxylic acids is 2. The van der Waals surface area contributed by atoms with E-state index in [2.05, 4.69) is 34.9 Å². The largest absolute Gasteiger partial charge is 0.481 e. The number of fused-ring (bicyclic) bond motifs is 4. The van der Waals surface area contributed by atoms with E-state index in [9.17, 15) is 14.4 Å². The Morgan fingerprint density at radius 3 is 2.26 bits per heavy atom. The number of alkyl carbamates (subject to hydrolysis) is 1. The van der Waals surface area contributed by atoms with Gasteiger partial charge in [-0.15, -0.1) is 0 Å². The molecule has 35 heavy (non-hydrogen) atoms. The molecular weight excluding hydrogens is 444 g/mol. The van der Waals surface area contributed by atoms with Crippen molar-refractivity contribution in [3.63, 3.8) is 0 Å². The maximum atomic E-state index is 13.0. The lowest BCUT2D eigenvalue weighted by molar-refractivity contribution is -0.140. The summed E-state index contributed by atoms with van der Waals surface area (Å²) in [6.45, 7) is 0.264. The van der Waals surface area contributed by atoms with E-state index in [1.165, 1.54) is 22.3 Å². The van der Waals surface area contributed by atoms with Crippen LogP contribution in [-0.4, -0.2) is 41.8 Å². The van der Waals surface area contributed by atoms with Crippen molar-refractivity contribution in [3.05, 3.63) is 71.8 Å². The van der Waals surface area contributed by atoms with Crippen molar-refractivity contribution in [2.24, 2.45) is 17.3 Å². The minimum Gasteiger partial charge on any atom is -0.481 e. The number of carboxylic acids is 1. The van der Waals surface area contributed by atoms with Gasteiger partial charge in [0.25, 0.3) is 0 Å². The van der Waals surface area contributed by atoms with E-state index in [0.717, 1.165) is 12.8 Å². The zero-order valence-electron chi connectivity index (χ0n) is 19.3. The number of carbonyl (C=O) groups is 3. The molecule has 2 amide bonds. The van der Waals surface area contributed by atoms with Crippen molar-refractivity contribution in [1.82, 2.24) is 10.6 Å². The van der Waals surface area contributed by atoms with E-state index in [1.807, 2.05) is 24.3 Å². The molecule has 2 aromatic carbocycles. The fourth-order valence-corrected chi connectivity index (χ4v) is 6.39. The molecule has 6 rings (SSSR count). The summed E-state index contributed by atoms with van der Waals surface area (Å²) in [5, 5.41) is 15.1. The van der Waals surface area contributed by atoms with E-state index in [4.69, 9.17) is 9.84 Å². The molecule has 0 heterocycles. The number of ether oxygens (including phenoxy) is 1. The Morgan fingerprint density at radius 1 is 0.914 bits per heavy atom. The summed E-state index contributed by atoms with van der Waals surface area (Å²) in [4.78, 5) is 36.8. The van der Waals surface area contributed by atoms with Crippen molar-refractivity contribution in [2.45, 2.75) is 43.7 Å². The van der Waals surface area contributed by atoms with Gasteiger partial charge in [-0.05, 0) is 53.9 Å². The van der Waals surface area contributed by atoms with Crippen molar-refractivity contribution >= 4 is 18.0 Å². The lowest BCUT2D eigenvalue weighted by Gasteiger charge is -2.20. The number of rotatable bonds is 6. The molecule has 0 spiro atoms. The Bertz CT molecular complexity index is 1190. The first-order valence-corrected chi connectivity index (χ1v) is 12.3. The van der Waals surface area contributed by atoms with Crippen LogP contribution in [0, 0.1) is 17.3 Å². The van der Waals surface area contributed by atoms with E-state index in [1.54, 1.807) is 12.2 Å². The minimum atomic E-state index is -0.867. The van der Waals surface area contributed by atoms with Gasteiger partial charge >= 0.3 is 12.1 Å². The number of benzene rings is 2. The van der Waals surface area contributed by atoms with E-state index in [0.29, 0.717) is 12.8 Å². The van der Waals surface area contributed by atoms with Gasteiger partial charge in [0.05, 0.1) is 11.3 Å². The van der Waals surface area contributed by atoms with Crippen LogP contribution in [0.5, 0.6) is 0 Å². The first-order chi connectivity index (χ1) is 16.9. The molecule has 0 aliphatic heterocycles. The Hall–Kier alpha value is -3.61. The average molecular weight is 473 g/mol. The predicted octanol–water partition coefficient (Wildman–Crippen LogP) is 3.84. The molecule has 0 bridgehead atoms. The molecule has 2 saturated carbocycles. The van der Waals surface area contributed by atoms with Crippen LogP contribution >= 0.6 is 0 Å². The van der Waals surface area contributed by atoms with Crippen LogP contribution < -0.4 is 10.6 Å². The lowest BCUT2D eigenvalue weighted by Crippen LogP contribution is -2.41. The van der Waals surface area contributed by atoms with E-state index >= 15 is 0 Å². The van der Waals surface area contributed by atoms with Crippen LogP contribution in [0.15, 0.2) is 60.7 Å². The van der Waals surface area contributed by atoms with Crippen LogP contribution in [0.4, 0.5) is 4.79 Å². The standard InChI is InChI=1S/C28H28N2O5/c31-25(32)16-9-10-18(11-16)29-26(33)28-13-17(28)12-19(14-28)30-27(34)35-15-24-22-7-3-1-5-20(22)21-6-2-4-8-23(21)24/h1-10,16-19,24H,11-15H2,(H,29,33)(H,30,34)(H,31,32). The molecule has 4 aliphatic carbocycles. The number of hydrogen-bond donors (Lipinski definition) is 3. The maximum absolute atomic E-state index is 13.0. The van der Waals surface area contributed by atoms with Crippen molar-refractivity contribution in [1.29, 1.82) is 0 Å². The monoisotopic (exact) mass is 472 g/mol. The second-order valence-corrected chi connectivity index (χ2v) is 10.3. The van der Waals surface area contributed by atoms with E-state index < -0.39 is 23.4 Å². The molecule has 2 fully saturated rings. The van der Waals surface area contributed by atoms with Gasteiger partial charge in [0, 0.05) is 18.0 Å². The quantitative estimate of drug-likeness (QED) is 0.554. The van der Waals surface area contributed by atoms with E-state index in [-0.39, 0.29) is 36.4 Å². The zero-order valence-corrected chi connectivity index (χ0v) is 19.3. The van der Waals surface area contributed by atoms with Crippen molar-refractivity contribution < 1.29 is 24.2 Å². The third kappa shape index (κ3) is 3.79. The number of amides is 2. The Balaban J connectivity index is 1.03. The molecule has 3 N–H and O–H groups in total. The molecule has 7 nitrogen and oxygen atoms in total. The molecular formula is C28H28N2O5. The first kappa shape index (κ1) is 21.9. The topological polar surface area (TPSA) is 105 Å². The SMILES string of the molecule is O=C(NC1CC2CC2(C(=O)NC2C=CC(C(=O)O)C2)C1)OCC1c2ccccc2-c2ccccc21. The molecule has 4 aliphatic rings. The second kappa shape index (κ2) is 8.26. The number of nitrogens with one attached hydrogen (secondary N) is 2. The number of hydrogen-bond acceptors (Lipinski definition) is 4. The van der Waals surface area contributed by atoms with Crippen LogP contribution in [-0.2, 0) is 14.3 Å². The molecule has 0 aromatic heterocycles. The van der Waals surface area contributed by atoms with Crippen molar-refractivity contribution in [2.75, 3.05) is 6.61 Å². The fourth-order valence-electron chi connectivity index (χ4n) is 6.39. The molecule has 5 atom stereocenters. The highest BCUT2D eigenvalue weighted by molar-refractivity contribution is 5.87. The summed E-state index contributed by atoms with van der Waals surface area (Å²) in [5.41, 5.74) is 4.27. The van der Waals surface area contributed by atoms with Gasteiger partial charge in [-0.1, -0.05) is 60.7 Å². The van der Waals surface area contributed by atoms with Gasteiger partial charge in [-0.2, -0.15) is 0 Å². The van der Waals surface area contributed by atoms with Crippen LogP contribution in [0.25, 0.3) is 11.1 Å². The van der Waals surface area contributed by atoms with Crippen LogP contribution in [0.1, 0.15) is 42.7 Å². The molecule has 0 radical (unpaired) electrons. The van der Waals surface area contributed by atoms with Gasteiger partial charge in [-0.25, -0.2) is 4.79 Å². The van der Waals surface area contributed by atoms with Gasteiger partial charge in [0.1, 0.15) is 6.61 Å². The highest BCUT2D eigenvalue weighted by Crippen LogP contribution is 2.63. The van der Waals surface area contributed by atoms with Gasteiger partial charge in [0.2, 0.25) is 5.91 Å². The number of aliphatic carboxylic acids is 1. The van der Waals surface area contributed by atoms with Gasteiger partial charge < -0.3 is 20.5 Å². The summed E-state index contributed by atoms with van der Waals surface area (Å²) in [5.74, 6) is -1.17. The zero-order chi connectivity index (χ0) is 24.2. The van der Waals surface area contributed by atoms with Crippen molar-refractivity contribution in [3.8, 4) is 11.1 Å². The first-order valence-electron chi connectivity index (χ1n) is 12.3. The maximum Gasteiger partial charge on any atom is 0.407 e. The van der Waals surface area contributed by atoms with Crippen LogP contribution in [0.3, 0.4) is 0 Å². The van der Waals surface area contributed by atoms with Crippen LogP contribution in [0.2, 0.25) is 0 Å². The summed E-state index contributed by atoms with van der Waals surface area (Å²) >= 11 is 0. The summed E-state index contributed by atoms with van der Waals surface area (Å²) in [7, 11) is 0. The second-order valence-electron chi connectivity index (χ2n) is 10.3. The average Bonchev–Trinajstić information content (AvgIpc) is 3.18. The Kier molecular flexibility index (Phi) is 5.16. The van der Waals surface area contributed by atoms with Gasteiger partial charge in [0.15, 0.2) is 0 Å².